The lowest BCUT2D eigenvalue weighted by molar-refractivity contribution is -0.0437. The fourth-order valence-corrected chi connectivity index (χ4v) is 2.88. The van der Waals surface area contributed by atoms with Crippen molar-refractivity contribution in [1.29, 1.82) is 0 Å². The molecular weight excluding hydrogens is 344 g/mol. The van der Waals surface area contributed by atoms with Gasteiger partial charge < -0.3 is 0 Å². The molecule has 0 bridgehead atoms. The van der Waals surface area contributed by atoms with Crippen LogP contribution in [0, 0.1) is 0 Å². The zero-order chi connectivity index (χ0) is 16.9. The Hall–Kier alpha value is -1.10. The molecule has 0 atom stereocenters. The van der Waals surface area contributed by atoms with Gasteiger partial charge in [-0.25, -0.2) is 0 Å². The summed E-state index contributed by atoms with van der Waals surface area (Å²) < 4.78 is 95.0. The van der Waals surface area contributed by atoms with Gasteiger partial charge in [0.1, 0.15) is 0 Å². The second kappa shape index (κ2) is 7.25. The second-order valence-electron chi connectivity index (χ2n) is 3.05. The van der Waals surface area contributed by atoms with Crippen LogP contribution in [0.1, 0.15) is 13.8 Å². The minimum atomic E-state index is -6.15. The molecule has 0 heterocycles. The van der Waals surface area contributed by atoms with E-state index in [9.17, 15) is 34.8 Å². The van der Waals surface area contributed by atoms with E-state index in [2.05, 4.69) is 0 Å². The standard InChI is InChI=1S/C8H5F6NO2S2.C2H6/c9-7(10,11)18-15(6-4-2-1-3-5-6)19(16,17)8(12,13)14;1-2/h1-5H;1-2H3. The molecule has 0 amide bonds. The number of benzene rings is 1. The molecule has 0 spiro atoms. The number of rotatable bonds is 3. The molecule has 21 heavy (non-hydrogen) atoms. The molecule has 0 aliphatic carbocycles. The Balaban J connectivity index is 0.00000191. The third kappa shape index (κ3) is 5.65. The first kappa shape index (κ1) is 19.9. The van der Waals surface area contributed by atoms with E-state index in [1.807, 2.05) is 13.8 Å². The fourth-order valence-electron chi connectivity index (χ4n) is 0.978. The SMILES string of the molecule is CC.O=S(=O)(N(SC(F)(F)F)c1ccccc1)C(F)(F)F. The lowest BCUT2D eigenvalue weighted by Gasteiger charge is -2.24. The molecule has 1 aromatic carbocycles. The van der Waals surface area contributed by atoms with E-state index in [-0.39, 0.29) is 0 Å². The van der Waals surface area contributed by atoms with Crippen LogP contribution in [0.4, 0.5) is 32.0 Å². The third-order valence-corrected chi connectivity index (χ3v) is 4.29. The molecule has 122 valence electrons. The van der Waals surface area contributed by atoms with Crippen molar-refractivity contribution in [3.63, 3.8) is 0 Å². The lowest BCUT2D eigenvalue weighted by atomic mass is 10.3. The van der Waals surface area contributed by atoms with E-state index in [4.69, 9.17) is 0 Å². The van der Waals surface area contributed by atoms with Crippen molar-refractivity contribution in [2.75, 3.05) is 3.71 Å². The Morgan fingerprint density at radius 3 is 1.71 bits per heavy atom. The van der Waals surface area contributed by atoms with Gasteiger partial charge in [-0.15, -0.1) is 0 Å². The van der Waals surface area contributed by atoms with Gasteiger partial charge in [0, 0.05) is 0 Å². The summed E-state index contributed by atoms with van der Waals surface area (Å²) in [7, 11) is -6.15. The Labute approximate surface area is 122 Å². The molecule has 3 nitrogen and oxygen atoms in total. The van der Waals surface area contributed by atoms with Crippen LogP contribution in [0.25, 0.3) is 0 Å². The summed E-state index contributed by atoms with van der Waals surface area (Å²) in [5.41, 5.74) is -11.8. The Kier molecular flexibility index (Phi) is 6.87. The van der Waals surface area contributed by atoms with Gasteiger partial charge in [0.25, 0.3) is 0 Å². The summed E-state index contributed by atoms with van der Waals surface area (Å²) in [5.74, 6) is 0. The molecular formula is C10H11F6NO2S2. The van der Waals surface area contributed by atoms with Gasteiger partial charge >= 0.3 is 21.0 Å². The second-order valence-corrected chi connectivity index (χ2v) is 6.07. The molecule has 0 fully saturated rings. The van der Waals surface area contributed by atoms with Crippen LogP contribution in [-0.4, -0.2) is 19.4 Å². The molecule has 0 unspecified atom stereocenters. The smallest absolute Gasteiger partial charge is 0.196 e. The van der Waals surface area contributed by atoms with Crippen LogP contribution in [0.3, 0.4) is 0 Å². The minimum Gasteiger partial charge on any atom is -0.196 e. The zero-order valence-corrected chi connectivity index (χ0v) is 12.4. The molecule has 0 radical (unpaired) electrons. The van der Waals surface area contributed by atoms with Crippen LogP contribution >= 0.6 is 11.9 Å². The van der Waals surface area contributed by atoms with Gasteiger partial charge in [-0.2, -0.15) is 38.5 Å². The number of halogens is 6. The molecule has 0 saturated carbocycles. The Bertz CT molecular complexity index is 527. The fraction of sp³-hybridized carbons (Fsp3) is 0.400. The van der Waals surface area contributed by atoms with Gasteiger partial charge in [-0.3, -0.25) is 0 Å². The molecule has 11 heteroatoms. The molecule has 0 saturated heterocycles. The Morgan fingerprint density at radius 1 is 0.952 bits per heavy atom. The highest BCUT2D eigenvalue weighted by Crippen LogP contribution is 2.42. The molecule has 1 aromatic rings. The average Bonchev–Trinajstić information content (AvgIpc) is 2.37. The monoisotopic (exact) mass is 355 g/mol. The first-order chi connectivity index (χ1) is 9.45. The maximum Gasteiger partial charge on any atom is 0.517 e. The number of alkyl halides is 6. The minimum absolute atomic E-state index is 0.748. The van der Waals surface area contributed by atoms with Crippen molar-refractivity contribution in [3.05, 3.63) is 30.3 Å². The Morgan fingerprint density at radius 2 is 1.38 bits per heavy atom. The van der Waals surface area contributed by atoms with E-state index in [0.29, 0.717) is 0 Å². The van der Waals surface area contributed by atoms with Crippen molar-refractivity contribution in [3.8, 4) is 0 Å². The summed E-state index contributed by atoms with van der Waals surface area (Å²) in [6, 6.07) is 5.19. The molecule has 1 rings (SSSR count). The summed E-state index contributed by atoms with van der Waals surface area (Å²) in [6.45, 7) is 4.00. The predicted octanol–water partition coefficient (Wildman–Crippen LogP) is 4.54. The number of nitrogens with zero attached hydrogens (tertiary/aromatic N) is 1. The van der Waals surface area contributed by atoms with Crippen molar-refractivity contribution in [2.45, 2.75) is 24.9 Å². The molecule has 0 aromatic heterocycles. The van der Waals surface area contributed by atoms with E-state index in [1.54, 1.807) is 0 Å². The van der Waals surface area contributed by atoms with Crippen LogP contribution in [0.2, 0.25) is 0 Å². The van der Waals surface area contributed by atoms with Crippen LogP contribution < -0.4 is 3.71 Å². The van der Waals surface area contributed by atoms with Crippen LogP contribution in [0.5, 0.6) is 0 Å². The highest BCUT2D eigenvalue weighted by atomic mass is 32.3. The van der Waals surface area contributed by atoms with E-state index in [0.717, 1.165) is 24.3 Å². The van der Waals surface area contributed by atoms with Gasteiger partial charge in [0.2, 0.25) is 0 Å². The quantitative estimate of drug-likeness (QED) is 0.590. The van der Waals surface area contributed by atoms with Crippen molar-refractivity contribution in [1.82, 2.24) is 0 Å². The van der Waals surface area contributed by atoms with Gasteiger partial charge in [-0.05, 0) is 12.1 Å². The maximum atomic E-state index is 12.3. The summed E-state index contributed by atoms with van der Waals surface area (Å²) in [4.78, 5) is 0. The van der Waals surface area contributed by atoms with Crippen molar-refractivity contribution >= 4 is 27.7 Å². The normalized spacial score (nSPS) is 12.4. The first-order valence-electron chi connectivity index (χ1n) is 5.37. The predicted molar refractivity (Wildman–Crippen MR) is 68.9 cm³/mol. The number of para-hydroxylation sites is 1. The highest BCUT2D eigenvalue weighted by molar-refractivity contribution is 8.15. The highest BCUT2D eigenvalue weighted by Gasteiger charge is 2.53. The van der Waals surface area contributed by atoms with Crippen LogP contribution in [-0.2, 0) is 10.0 Å². The van der Waals surface area contributed by atoms with E-state index in [1.165, 1.54) is 6.07 Å². The summed E-state index contributed by atoms with van der Waals surface area (Å²) in [5, 5.41) is 0. The largest absolute Gasteiger partial charge is 0.517 e. The molecule has 0 aliphatic heterocycles. The molecule has 0 N–H and O–H groups in total. The number of sulfonamides is 1. The molecule has 0 aliphatic rings. The number of hydrogen-bond donors (Lipinski definition) is 0. The first-order valence-corrected chi connectivity index (χ1v) is 7.59. The summed E-state index contributed by atoms with van der Waals surface area (Å²) >= 11 is -1.39. The van der Waals surface area contributed by atoms with Crippen LogP contribution in [0.15, 0.2) is 30.3 Å². The number of anilines is 1. The maximum absolute atomic E-state index is 12.3. The summed E-state index contributed by atoms with van der Waals surface area (Å²) in [6.07, 6.45) is 0. The zero-order valence-electron chi connectivity index (χ0n) is 10.7. The van der Waals surface area contributed by atoms with Gasteiger partial charge in [0.15, 0.2) is 0 Å². The van der Waals surface area contributed by atoms with Gasteiger partial charge in [0.05, 0.1) is 17.6 Å². The van der Waals surface area contributed by atoms with E-state index < -0.39 is 42.4 Å². The lowest BCUT2D eigenvalue weighted by Crippen LogP contribution is -2.38. The third-order valence-electron chi connectivity index (χ3n) is 1.66. The van der Waals surface area contributed by atoms with Gasteiger partial charge in [-0.1, -0.05) is 32.0 Å². The topological polar surface area (TPSA) is 37.4 Å². The number of hydrogen-bond acceptors (Lipinski definition) is 3. The van der Waals surface area contributed by atoms with E-state index >= 15 is 0 Å². The van der Waals surface area contributed by atoms with Crippen molar-refractivity contribution in [2.24, 2.45) is 0 Å². The average molecular weight is 355 g/mol. The van der Waals surface area contributed by atoms with Crippen molar-refractivity contribution < 1.29 is 34.8 Å².